The lowest BCUT2D eigenvalue weighted by Crippen LogP contribution is -2.07. The average molecular weight is 467 g/mol. The van der Waals surface area contributed by atoms with Crippen LogP contribution in [0.5, 0.6) is 0 Å². The molecule has 4 aromatic rings. The van der Waals surface area contributed by atoms with Crippen molar-refractivity contribution in [2.75, 3.05) is 5.75 Å². The Hall–Kier alpha value is -3.59. The maximum absolute atomic E-state index is 13.5. The van der Waals surface area contributed by atoms with Gasteiger partial charge in [0, 0.05) is 22.5 Å². The summed E-state index contributed by atoms with van der Waals surface area (Å²) < 4.78 is 28.6. The molecular formula is C24H20F2N4O2S. The molecule has 0 bridgehead atoms. The van der Waals surface area contributed by atoms with Gasteiger partial charge in [0.25, 0.3) is 0 Å². The van der Waals surface area contributed by atoms with Gasteiger partial charge in [0.05, 0.1) is 11.4 Å². The van der Waals surface area contributed by atoms with Gasteiger partial charge in [-0.15, -0.1) is 10.2 Å². The molecule has 2 heterocycles. The molecule has 2 aromatic heterocycles. The molecule has 0 saturated carbocycles. The number of ketones is 2. The number of carbonyl (C=O) groups is 2. The minimum absolute atomic E-state index is 0.0425. The zero-order chi connectivity index (χ0) is 23.7. The van der Waals surface area contributed by atoms with Gasteiger partial charge in [-0.25, -0.2) is 8.78 Å². The Kier molecular flexibility index (Phi) is 6.24. The molecule has 1 N–H and O–H groups in total. The van der Waals surface area contributed by atoms with Gasteiger partial charge in [-0.05, 0) is 74.9 Å². The Morgan fingerprint density at radius 3 is 2.15 bits per heavy atom. The lowest BCUT2D eigenvalue weighted by atomic mass is 10.1. The molecule has 168 valence electrons. The van der Waals surface area contributed by atoms with Crippen LogP contribution in [0.2, 0.25) is 0 Å². The van der Waals surface area contributed by atoms with Crippen LogP contribution >= 0.6 is 11.8 Å². The van der Waals surface area contributed by atoms with Gasteiger partial charge in [-0.1, -0.05) is 11.8 Å². The molecular weight excluding hydrogens is 446 g/mol. The number of hydrogen-bond acceptors (Lipinski definition) is 5. The third-order valence-electron chi connectivity index (χ3n) is 5.22. The largest absolute Gasteiger partial charge is 0.355 e. The number of rotatable bonds is 7. The van der Waals surface area contributed by atoms with E-state index in [9.17, 15) is 18.4 Å². The minimum Gasteiger partial charge on any atom is -0.355 e. The first-order chi connectivity index (χ1) is 15.8. The van der Waals surface area contributed by atoms with Crippen LogP contribution in [-0.4, -0.2) is 37.1 Å². The molecule has 0 aliphatic carbocycles. The van der Waals surface area contributed by atoms with Crippen LogP contribution in [0.4, 0.5) is 8.78 Å². The summed E-state index contributed by atoms with van der Waals surface area (Å²) in [6.45, 7) is 4.97. The Labute approximate surface area is 193 Å². The van der Waals surface area contributed by atoms with Crippen LogP contribution in [0.3, 0.4) is 0 Å². The molecule has 0 aliphatic heterocycles. The van der Waals surface area contributed by atoms with E-state index in [-0.39, 0.29) is 23.1 Å². The highest BCUT2D eigenvalue weighted by Gasteiger charge is 2.22. The second-order valence-electron chi connectivity index (χ2n) is 7.52. The predicted molar refractivity (Wildman–Crippen MR) is 122 cm³/mol. The third-order valence-corrected chi connectivity index (χ3v) is 6.15. The van der Waals surface area contributed by atoms with Crippen LogP contribution in [0, 0.1) is 25.5 Å². The molecule has 0 atom stereocenters. The number of carbonyl (C=O) groups excluding carboxylic acids is 2. The van der Waals surface area contributed by atoms with Crippen molar-refractivity contribution in [2.45, 2.75) is 25.9 Å². The first kappa shape index (κ1) is 22.6. The second kappa shape index (κ2) is 9.11. The number of hydrogen-bond donors (Lipinski definition) is 1. The molecule has 6 nitrogen and oxygen atoms in total. The van der Waals surface area contributed by atoms with Gasteiger partial charge >= 0.3 is 0 Å². The normalized spacial score (nSPS) is 11.1. The fraction of sp³-hybridized carbons (Fsp3) is 0.167. The number of H-pyrrole nitrogens is 1. The smallest absolute Gasteiger partial charge is 0.196 e. The minimum atomic E-state index is -0.390. The van der Waals surface area contributed by atoms with E-state index in [2.05, 4.69) is 15.2 Å². The molecule has 2 aromatic carbocycles. The number of halogens is 2. The van der Waals surface area contributed by atoms with E-state index in [1.165, 1.54) is 43.0 Å². The number of aryl methyl sites for hydroxylation is 1. The zero-order valence-corrected chi connectivity index (χ0v) is 19.0. The van der Waals surface area contributed by atoms with Crippen LogP contribution < -0.4 is 0 Å². The Morgan fingerprint density at radius 2 is 1.58 bits per heavy atom. The number of thioether (sulfide) groups is 1. The molecule has 0 aliphatic rings. The maximum Gasteiger partial charge on any atom is 0.196 e. The van der Waals surface area contributed by atoms with Crippen molar-refractivity contribution < 1.29 is 18.4 Å². The summed E-state index contributed by atoms with van der Waals surface area (Å²) in [5, 5.41) is 8.88. The molecule has 0 fully saturated rings. The van der Waals surface area contributed by atoms with Gasteiger partial charge < -0.3 is 4.98 Å². The fourth-order valence-electron chi connectivity index (χ4n) is 3.73. The lowest BCUT2D eigenvalue weighted by molar-refractivity contribution is 0.101. The number of aromatic amines is 1. The SMILES string of the molecule is CC(=O)c1c(C)[nH]c(C(=O)CSc2nnc(-c3ccc(F)cc3)n2-c2ccc(F)cc2)c1C. The van der Waals surface area contributed by atoms with Crippen LogP contribution in [-0.2, 0) is 0 Å². The molecule has 0 unspecified atom stereocenters. The second-order valence-corrected chi connectivity index (χ2v) is 8.46. The average Bonchev–Trinajstić information content (AvgIpc) is 3.33. The zero-order valence-electron chi connectivity index (χ0n) is 18.1. The van der Waals surface area contributed by atoms with E-state index in [1.807, 2.05) is 0 Å². The van der Waals surface area contributed by atoms with Gasteiger partial charge in [-0.3, -0.25) is 14.2 Å². The van der Waals surface area contributed by atoms with Crippen molar-refractivity contribution in [1.82, 2.24) is 19.7 Å². The number of nitrogens with one attached hydrogen (secondary N) is 1. The van der Waals surface area contributed by atoms with E-state index in [0.717, 1.165) is 0 Å². The highest BCUT2D eigenvalue weighted by Crippen LogP contribution is 2.29. The molecule has 0 saturated heterocycles. The van der Waals surface area contributed by atoms with E-state index >= 15 is 0 Å². The third kappa shape index (κ3) is 4.49. The van der Waals surface area contributed by atoms with Crippen molar-refractivity contribution in [2.24, 2.45) is 0 Å². The van der Waals surface area contributed by atoms with Crippen molar-refractivity contribution in [3.63, 3.8) is 0 Å². The van der Waals surface area contributed by atoms with Crippen molar-refractivity contribution in [1.29, 1.82) is 0 Å². The Bertz CT molecular complexity index is 1340. The quantitative estimate of drug-likeness (QED) is 0.294. The highest BCUT2D eigenvalue weighted by atomic mass is 32.2. The highest BCUT2D eigenvalue weighted by molar-refractivity contribution is 7.99. The summed E-state index contributed by atoms with van der Waals surface area (Å²) in [6.07, 6.45) is 0. The van der Waals surface area contributed by atoms with Crippen LogP contribution in [0.15, 0.2) is 53.7 Å². The topological polar surface area (TPSA) is 80.6 Å². The molecule has 0 amide bonds. The predicted octanol–water partition coefficient (Wildman–Crippen LogP) is 5.34. The van der Waals surface area contributed by atoms with E-state index < -0.39 is 5.82 Å². The molecule has 33 heavy (non-hydrogen) atoms. The van der Waals surface area contributed by atoms with E-state index in [0.29, 0.717) is 44.7 Å². The molecule has 0 spiro atoms. The van der Waals surface area contributed by atoms with Gasteiger partial charge in [-0.2, -0.15) is 0 Å². The number of benzene rings is 2. The Balaban J connectivity index is 1.67. The van der Waals surface area contributed by atoms with Gasteiger partial charge in [0.1, 0.15) is 11.6 Å². The standard InChI is InChI=1S/C24H20F2N4O2S/c1-13-21(15(3)31)14(2)27-22(13)20(32)12-33-24-29-28-23(16-4-6-17(25)7-5-16)30(24)19-10-8-18(26)9-11-19/h4-11,27H,12H2,1-3H3. The van der Waals surface area contributed by atoms with Crippen molar-refractivity contribution in [3.05, 3.63) is 82.7 Å². The molecule has 0 radical (unpaired) electrons. The summed E-state index contributed by atoms with van der Waals surface area (Å²) in [5.74, 6) is -0.590. The molecule has 4 rings (SSSR count). The van der Waals surface area contributed by atoms with E-state index in [4.69, 9.17) is 0 Å². The summed E-state index contributed by atoms with van der Waals surface area (Å²) in [7, 11) is 0. The number of Topliss-reactive ketones (excluding diaryl/α,β-unsaturated/α-hetero) is 2. The summed E-state index contributed by atoms with van der Waals surface area (Å²) >= 11 is 1.17. The first-order valence-corrected chi connectivity index (χ1v) is 11.1. The van der Waals surface area contributed by atoms with Crippen molar-refractivity contribution >= 4 is 23.3 Å². The van der Waals surface area contributed by atoms with Gasteiger partial charge in [0.15, 0.2) is 22.5 Å². The van der Waals surface area contributed by atoms with Crippen molar-refractivity contribution in [3.8, 4) is 17.1 Å². The fourth-order valence-corrected chi connectivity index (χ4v) is 4.56. The monoisotopic (exact) mass is 466 g/mol. The van der Waals surface area contributed by atoms with Crippen LogP contribution in [0.1, 0.15) is 39.0 Å². The molecule has 9 heteroatoms. The number of aromatic nitrogens is 4. The van der Waals surface area contributed by atoms with Crippen LogP contribution in [0.25, 0.3) is 17.1 Å². The van der Waals surface area contributed by atoms with Gasteiger partial charge in [0.2, 0.25) is 0 Å². The number of nitrogens with zero attached hydrogens (tertiary/aromatic N) is 3. The first-order valence-electron chi connectivity index (χ1n) is 10.1. The summed E-state index contributed by atoms with van der Waals surface area (Å²) in [6, 6.07) is 11.6. The Morgan fingerprint density at radius 1 is 0.970 bits per heavy atom. The maximum atomic E-state index is 13.5. The summed E-state index contributed by atoms with van der Waals surface area (Å²) in [4.78, 5) is 27.8. The summed E-state index contributed by atoms with van der Waals surface area (Å²) in [5.41, 5.74) is 3.40. The lowest BCUT2D eigenvalue weighted by Gasteiger charge is -2.10. The van der Waals surface area contributed by atoms with E-state index in [1.54, 1.807) is 42.7 Å².